The molecule has 2 aromatic heterocycles. The van der Waals surface area contributed by atoms with Crippen LogP contribution >= 0.6 is 24.0 Å². The molecule has 2 aromatic rings. The van der Waals surface area contributed by atoms with Crippen molar-refractivity contribution in [2.75, 3.05) is 6.61 Å². The standard InChI is InChI=1S/C15H13F3N2S2.C3H5F3O3S.C2H6/c1-2-3-4-10(7-8-21)12-5-6-13(22-12)11-9-14(20-19-11)15(16,17)18;1-2-9-10(7,8)3(4,5)6;1-2/h2-9,21H,1H3,(H,19,20);2H2,1H3;1-2H3/b3-2-,8-7+,10-4+;;. The predicted molar refractivity (Wildman–Crippen MR) is 126 cm³/mol. The zero-order chi connectivity index (χ0) is 26.6. The summed E-state index contributed by atoms with van der Waals surface area (Å²) in [6.45, 7) is 6.55. The number of rotatable bonds is 6. The van der Waals surface area contributed by atoms with Crippen molar-refractivity contribution in [1.29, 1.82) is 0 Å². The molecule has 1 N–H and O–H groups in total. The van der Waals surface area contributed by atoms with E-state index >= 15 is 0 Å². The average Bonchev–Trinajstić information content (AvgIpc) is 3.41. The highest BCUT2D eigenvalue weighted by Gasteiger charge is 2.46. The van der Waals surface area contributed by atoms with Crippen LogP contribution in [0.1, 0.15) is 38.3 Å². The Balaban J connectivity index is 0.000000767. The monoisotopic (exact) mass is 550 g/mol. The second kappa shape index (κ2) is 14.4. The fourth-order valence-electron chi connectivity index (χ4n) is 1.95. The van der Waals surface area contributed by atoms with Crippen molar-refractivity contribution in [1.82, 2.24) is 10.2 Å². The van der Waals surface area contributed by atoms with Crippen molar-refractivity contribution in [2.24, 2.45) is 0 Å². The summed E-state index contributed by atoms with van der Waals surface area (Å²) >= 11 is 5.43. The smallest absolute Gasteiger partial charge is 0.273 e. The van der Waals surface area contributed by atoms with E-state index in [-0.39, 0.29) is 5.69 Å². The summed E-state index contributed by atoms with van der Waals surface area (Å²) in [6, 6.07) is 4.62. The summed E-state index contributed by atoms with van der Waals surface area (Å²) in [5.41, 5.74) is -4.94. The molecule has 2 rings (SSSR count). The molecule has 0 radical (unpaired) electrons. The third-order valence-electron chi connectivity index (χ3n) is 3.31. The zero-order valence-electron chi connectivity index (χ0n) is 18.5. The van der Waals surface area contributed by atoms with Gasteiger partial charge in [-0.2, -0.15) is 52.5 Å². The Bertz CT molecular complexity index is 1070. The van der Waals surface area contributed by atoms with Crippen molar-refractivity contribution < 1.29 is 38.9 Å². The van der Waals surface area contributed by atoms with E-state index in [1.54, 1.807) is 11.5 Å². The van der Waals surface area contributed by atoms with Crippen LogP contribution in [0.3, 0.4) is 0 Å². The first-order valence-corrected chi connectivity index (χ1v) is 12.3. The molecule has 0 aromatic carbocycles. The molecule has 0 spiro atoms. The Morgan fingerprint density at radius 3 is 2.24 bits per heavy atom. The normalized spacial score (nSPS) is 13.0. The summed E-state index contributed by atoms with van der Waals surface area (Å²) in [5, 5.41) is 7.37. The summed E-state index contributed by atoms with van der Waals surface area (Å²) in [4.78, 5) is 1.59. The number of hydrogen-bond acceptors (Lipinski definition) is 6. The van der Waals surface area contributed by atoms with Gasteiger partial charge in [0.2, 0.25) is 0 Å². The molecule has 0 saturated carbocycles. The summed E-state index contributed by atoms with van der Waals surface area (Å²) in [5.74, 6) is 0. The molecule has 0 aliphatic carbocycles. The highest BCUT2D eigenvalue weighted by Crippen LogP contribution is 2.35. The molecule has 0 atom stereocenters. The lowest BCUT2D eigenvalue weighted by atomic mass is 10.2. The minimum absolute atomic E-state index is 0.281. The van der Waals surface area contributed by atoms with Crippen LogP contribution in [-0.4, -0.2) is 30.7 Å². The maximum absolute atomic E-state index is 12.6. The highest BCUT2D eigenvalue weighted by atomic mass is 32.2. The molecule has 0 fully saturated rings. The minimum atomic E-state index is -5.35. The van der Waals surface area contributed by atoms with Crippen LogP contribution in [0.2, 0.25) is 0 Å². The molecule has 0 aliphatic heterocycles. The van der Waals surface area contributed by atoms with Crippen LogP contribution in [0.4, 0.5) is 26.3 Å². The van der Waals surface area contributed by atoms with Gasteiger partial charge in [0.1, 0.15) is 11.4 Å². The number of nitrogens with one attached hydrogen (secondary N) is 1. The van der Waals surface area contributed by atoms with E-state index in [2.05, 4.69) is 21.9 Å². The number of H-pyrrole nitrogens is 1. The first-order valence-electron chi connectivity index (χ1n) is 9.59. The van der Waals surface area contributed by atoms with Crippen molar-refractivity contribution in [3.8, 4) is 10.6 Å². The molecule has 5 nitrogen and oxygen atoms in total. The van der Waals surface area contributed by atoms with E-state index in [1.807, 2.05) is 56.2 Å². The highest BCUT2D eigenvalue weighted by molar-refractivity contribution is 7.87. The van der Waals surface area contributed by atoms with E-state index < -0.39 is 34.1 Å². The zero-order valence-corrected chi connectivity index (χ0v) is 21.1. The van der Waals surface area contributed by atoms with E-state index in [0.29, 0.717) is 4.88 Å². The summed E-state index contributed by atoms with van der Waals surface area (Å²) in [7, 11) is -5.35. The van der Waals surface area contributed by atoms with Crippen molar-refractivity contribution in [3.63, 3.8) is 0 Å². The van der Waals surface area contributed by atoms with Gasteiger partial charge >= 0.3 is 21.8 Å². The van der Waals surface area contributed by atoms with E-state index in [4.69, 9.17) is 0 Å². The lowest BCUT2D eigenvalue weighted by molar-refractivity contribution is -0.141. The van der Waals surface area contributed by atoms with Gasteiger partial charge in [-0.3, -0.25) is 9.28 Å². The number of nitrogens with zero attached hydrogens (tertiary/aromatic N) is 1. The lowest BCUT2D eigenvalue weighted by Crippen LogP contribution is -2.25. The van der Waals surface area contributed by atoms with Crippen molar-refractivity contribution >= 4 is 39.7 Å². The van der Waals surface area contributed by atoms with Crippen LogP contribution in [0.5, 0.6) is 0 Å². The molecule has 0 amide bonds. The molecule has 0 saturated heterocycles. The third kappa shape index (κ3) is 10.1. The number of alkyl halides is 6. The molecular formula is C20H24F6N2O3S3. The second-order valence-electron chi connectivity index (χ2n) is 5.60. The van der Waals surface area contributed by atoms with Crippen LogP contribution in [0.15, 0.2) is 47.9 Å². The maximum Gasteiger partial charge on any atom is 0.523 e. The van der Waals surface area contributed by atoms with Gasteiger partial charge in [0.25, 0.3) is 0 Å². The Morgan fingerprint density at radius 2 is 1.82 bits per heavy atom. The lowest BCUT2D eigenvalue weighted by Gasteiger charge is -2.05. The summed E-state index contributed by atoms with van der Waals surface area (Å²) in [6.07, 6.45) is 3.10. The largest absolute Gasteiger partial charge is 0.523 e. The van der Waals surface area contributed by atoms with E-state index in [1.165, 1.54) is 11.3 Å². The number of allylic oxidation sites excluding steroid dienone is 5. The molecule has 0 aliphatic rings. The van der Waals surface area contributed by atoms with Gasteiger partial charge in [-0.05, 0) is 49.1 Å². The van der Waals surface area contributed by atoms with Crippen molar-refractivity contribution in [3.05, 3.63) is 58.5 Å². The van der Waals surface area contributed by atoms with Crippen LogP contribution in [-0.2, 0) is 20.5 Å². The van der Waals surface area contributed by atoms with Crippen LogP contribution in [0, 0.1) is 0 Å². The number of aromatic amines is 1. The molecule has 0 bridgehead atoms. The molecular weight excluding hydrogens is 526 g/mol. The fraction of sp³-hybridized carbons (Fsp3) is 0.350. The predicted octanol–water partition coefficient (Wildman–Crippen LogP) is 7.46. The number of thiophene rings is 1. The Kier molecular flexibility index (Phi) is 13.5. The number of thiol groups is 1. The van der Waals surface area contributed by atoms with Gasteiger partial charge in [0.05, 0.1) is 11.5 Å². The first kappa shape index (κ1) is 32.0. The number of hydrogen-bond donors (Lipinski definition) is 2. The number of halogens is 6. The molecule has 2 heterocycles. The molecule has 0 unspecified atom stereocenters. The van der Waals surface area contributed by atoms with Gasteiger partial charge in [-0.15, -0.1) is 11.3 Å². The third-order valence-corrected chi connectivity index (χ3v) is 5.72. The topological polar surface area (TPSA) is 72.1 Å². The van der Waals surface area contributed by atoms with E-state index in [0.717, 1.165) is 23.4 Å². The molecule has 14 heteroatoms. The quantitative estimate of drug-likeness (QED) is 0.129. The SMILES string of the molecule is CC.CCOS(=O)(=O)C(F)(F)F.C\C=C/C=C(\C=C\S)c1ccc(-c2cc(C(F)(F)F)[nH]n2)s1. The minimum Gasteiger partial charge on any atom is -0.273 e. The van der Waals surface area contributed by atoms with Gasteiger partial charge in [0, 0.05) is 4.88 Å². The Hall–Kier alpha value is -2.03. The molecule has 192 valence electrons. The van der Waals surface area contributed by atoms with Crippen LogP contribution < -0.4 is 0 Å². The van der Waals surface area contributed by atoms with Crippen molar-refractivity contribution in [2.45, 2.75) is 39.4 Å². The second-order valence-corrected chi connectivity index (χ2v) is 8.59. The Labute approximate surface area is 203 Å². The number of aromatic nitrogens is 2. The van der Waals surface area contributed by atoms with Gasteiger partial charge in [-0.25, -0.2) is 0 Å². The van der Waals surface area contributed by atoms with Crippen LogP contribution in [0.25, 0.3) is 16.1 Å². The van der Waals surface area contributed by atoms with Gasteiger partial charge < -0.3 is 0 Å². The first-order chi connectivity index (χ1) is 15.8. The Morgan fingerprint density at radius 1 is 1.21 bits per heavy atom. The molecule has 34 heavy (non-hydrogen) atoms. The summed E-state index contributed by atoms with van der Waals surface area (Å²) < 4.78 is 94.9. The average molecular weight is 551 g/mol. The fourth-order valence-corrected chi connectivity index (χ4v) is 3.52. The van der Waals surface area contributed by atoms with E-state index in [9.17, 15) is 34.8 Å². The van der Waals surface area contributed by atoms with Gasteiger partial charge in [0.15, 0.2) is 0 Å². The maximum atomic E-state index is 12.6. The van der Waals surface area contributed by atoms with Gasteiger partial charge in [-0.1, -0.05) is 32.1 Å².